The van der Waals surface area contributed by atoms with Gasteiger partial charge in [-0.1, -0.05) is 0 Å². The fourth-order valence-corrected chi connectivity index (χ4v) is 4.40. The van der Waals surface area contributed by atoms with Crippen molar-refractivity contribution >= 4 is 39.2 Å². The molecule has 0 spiro atoms. The minimum atomic E-state index is -0.442. The Labute approximate surface area is 156 Å². The number of nitrogens with zero attached hydrogens (tertiary/aromatic N) is 3. The van der Waals surface area contributed by atoms with E-state index in [-0.39, 0.29) is 12.5 Å². The van der Waals surface area contributed by atoms with Gasteiger partial charge in [-0.05, 0) is 45.6 Å². The second-order valence-electron chi connectivity index (χ2n) is 6.46. The second-order valence-corrected chi connectivity index (χ2v) is 7.46. The fraction of sp³-hybridized carbons (Fsp3) is 0.556. The highest BCUT2D eigenvalue weighted by Crippen LogP contribution is 2.36. The summed E-state index contributed by atoms with van der Waals surface area (Å²) in [5.41, 5.74) is 0.861. The highest BCUT2D eigenvalue weighted by Gasteiger charge is 2.25. The third kappa shape index (κ3) is 3.65. The summed E-state index contributed by atoms with van der Waals surface area (Å²) < 4.78 is 4.85. The maximum absolute atomic E-state index is 12.5. The molecule has 26 heavy (non-hydrogen) atoms. The summed E-state index contributed by atoms with van der Waals surface area (Å²) in [5.74, 6) is 0.179. The molecule has 2 aromatic heterocycles. The quantitative estimate of drug-likeness (QED) is 0.808. The molecule has 0 radical (unpaired) electrons. The number of carbonyl (C=O) groups is 2. The number of aryl methyl sites for hydroxylation is 1. The van der Waals surface area contributed by atoms with Gasteiger partial charge in [-0.25, -0.2) is 9.97 Å². The lowest BCUT2D eigenvalue weighted by atomic mass is 10.0. The molecule has 1 aliphatic heterocycles. The van der Waals surface area contributed by atoms with Crippen LogP contribution in [-0.2, 0) is 9.53 Å². The Kier molecular flexibility index (Phi) is 5.70. The number of rotatable bonds is 5. The minimum absolute atomic E-state index is 0.137. The first-order chi connectivity index (χ1) is 12.5. The zero-order valence-electron chi connectivity index (χ0n) is 15.4. The lowest BCUT2D eigenvalue weighted by Gasteiger charge is -2.34. The fourth-order valence-electron chi connectivity index (χ4n) is 3.34. The third-order valence-corrected chi connectivity index (χ3v) is 5.89. The van der Waals surface area contributed by atoms with E-state index in [1.54, 1.807) is 13.3 Å². The predicted molar refractivity (Wildman–Crippen MR) is 102 cm³/mol. The van der Waals surface area contributed by atoms with Crippen molar-refractivity contribution in [1.29, 1.82) is 0 Å². The smallest absolute Gasteiger partial charge is 0.325 e. The van der Waals surface area contributed by atoms with Gasteiger partial charge in [0.1, 0.15) is 23.5 Å². The third-order valence-electron chi connectivity index (χ3n) is 4.69. The van der Waals surface area contributed by atoms with Crippen LogP contribution in [0.5, 0.6) is 0 Å². The van der Waals surface area contributed by atoms with Crippen LogP contribution in [-0.4, -0.2) is 47.6 Å². The first-order valence-electron chi connectivity index (χ1n) is 8.97. The molecule has 0 bridgehead atoms. The van der Waals surface area contributed by atoms with Crippen LogP contribution in [0.15, 0.2) is 6.33 Å². The monoisotopic (exact) mass is 376 g/mol. The summed E-state index contributed by atoms with van der Waals surface area (Å²) in [6.45, 7) is 6.98. The Morgan fingerprint density at radius 2 is 2.19 bits per heavy atom. The van der Waals surface area contributed by atoms with Crippen molar-refractivity contribution < 1.29 is 14.3 Å². The van der Waals surface area contributed by atoms with Crippen LogP contribution in [0.1, 0.15) is 48.3 Å². The molecule has 2 aromatic rings. The van der Waals surface area contributed by atoms with Crippen molar-refractivity contribution in [2.24, 2.45) is 0 Å². The van der Waals surface area contributed by atoms with Gasteiger partial charge < -0.3 is 15.0 Å². The van der Waals surface area contributed by atoms with Crippen molar-refractivity contribution in [2.75, 3.05) is 24.6 Å². The van der Waals surface area contributed by atoms with Crippen LogP contribution in [0.4, 0.5) is 5.82 Å². The summed E-state index contributed by atoms with van der Waals surface area (Å²) in [6, 6.07) is 0.419. The van der Waals surface area contributed by atoms with Gasteiger partial charge in [0.15, 0.2) is 0 Å². The first-order valence-corrected chi connectivity index (χ1v) is 9.79. The number of hydrogen-bond donors (Lipinski definition) is 1. The number of esters is 1. The molecule has 1 amide bonds. The molecule has 0 aliphatic carbocycles. The van der Waals surface area contributed by atoms with E-state index in [4.69, 9.17) is 4.74 Å². The number of amides is 1. The highest BCUT2D eigenvalue weighted by atomic mass is 32.1. The topological polar surface area (TPSA) is 84.4 Å². The Morgan fingerprint density at radius 1 is 1.38 bits per heavy atom. The molecule has 1 aliphatic rings. The molecule has 0 saturated carbocycles. The number of fused-ring (bicyclic) bond motifs is 1. The average molecular weight is 376 g/mol. The zero-order chi connectivity index (χ0) is 18.7. The van der Waals surface area contributed by atoms with Crippen molar-refractivity contribution in [2.45, 2.75) is 46.1 Å². The Morgan fingerprint density at radius 3 is 2.92 bits per heavy atom. The summed E-state index contributed by atoms with van der Waals surface area (Å²) in [4.78, 5) is 36.6. The van der Waals surface area contributed by atoms with Crippen LogP contribution in [0.25, 0.3) is 10.2 Å². The van der Waals surface area contributed by atoms with E-state index in [0.29, 0.717) is 17.5 Å². The van der Waals surface area contributed by atoms with Gasteiger partial charge in [-0.3, -0.25) is 9.59 Å². The number of ether oxygens (including phenoxy) is 1. The molecule has 1 N–H and O–H groups in total. The lowest BCUT2D eigenvalue weighted by Crippen LogP contribution is -2.38. The molecule has 1 saturated heterocycles. The molecular weight excluding hydrogens is 352 g/mol. The lowest BCUT2D eigenvalue weighted by molar-refractivity contribution is -0.141. The van der Waals surface area contributed by atoms with Gasteiger partial charge in [0, 0.05) is 12.6 Å². The number of aromatic nitrogens is 2. The van der Waals surface area contributed by atoms with Gasteiger partial charge in [0.2, 0.25) is 0 Å². The average Bonchev–Trinajstić information content (AvgIpc) is 2.98. The van der Waals surface area contributed by atoms with E-state index < -0.39 is 5.97 Å². The largest absolute Gasteiger partial charge is 0.465 e. The molecule has 3 rings (SSSR count). The van der Waals surface area contributed by atoms with Crippen molar-refractivity contribution in [3.63, 3.8) is 0 Å². The Balaban J connectivity index is 1.89. The maximum atomic E-state index is 12.5. The molecular formula is C18H24N4O3S. The molecule has 1 unspecified atom stereocenters. The van der Waals surface area contributed by atoms with Gasteiger partial charge in [-0.2, -0.15) is 0 Å². The van der Waals surface area contributed by atoms with Crippen LogP contribution < -0.4 is 10.2 Å². The van der Waals surface area contributed by atoms with Crippen LogP contribution in [0.3, 0.4) is 0 Å². The van der Waals surface area contributed by atoms with E-state index in [9.17, 15) is 9.59 Å². The van der Waals surface area contributed by atoms with E-state index >= 15 is 0 Å². The van der Waals surface area contributed by atoms with E-state index in [0.717, 1.165) is 41.0 Å². The number of nitrogens with one attached hydrogen (secondary N) is 1. The van der Waals surface area contributed by atoms with Crippen LogP contribution >= 0.6 is 11.3 Å². The number of thiophene rings is 1. The van der Waals surface area contributed by atoms with Crippen molar-refractivity contribution in [1.82, 2.24) is 15.3 Å². The number of piperidine rings is 1. The summed E-state index contributed by atoms with van der Waals surface area (Å²) >= 11 is 1.33. The van der Waals surface area contributed by atoms with Crippen molar-refractivity contribution in [3.8, 4) is 0 Å². The summed E-state index contributed by atoms with van der Waals surface area (Å²) in [6.07, 6.45) is 5.08. The second kappa shape index (κ2) is 7.99. The molecule has 3 heterocycles. The standard InChI is InChI=1S/C18H24N4O3S/c1-4-25-13(23)9-19-17(24)15-12(3)14-16(20-10-21-18(14)26-15)22-8-6-5-7-11(22)2/h10-11H,4-9H2,1-3H3,(H,19,24). The highest BCUT2D eigenvalue weighted by molar-refractivity contribution is 7.20. The van der Waals surface area contributed by atoms with Gasteiger partial charge >= 0.3 is 5.97 Å². The Hall–Kier alpha value is -2.22. The molecule has 8 heteroatoms. The molecule has 140 valence electrons. The van der Waals surface area contributed by atoms with E-state index in [1.165, 1.54) is 17.8 Å². The van der Waals surface area contributed by atoms with E-state index in [2.05, 4.69) is 27.1 Å². The van der Waals surface area contributed by atoms with Gasteiger partial charge in [-0.15, -0.1) is 11.3 Å². The van der Waals surface area contributed by atoms with Gasteiger partial charge in [0.05, 0.1) is 16.9 Å². The maximum Gasteiger partial charge on any atom is 0.325 e. The summed E-state index contributed by atoms with van der Waals surface area (Å²) in [7, 11) is 0. The van der Waals surface area contributed by atoms with Gasteiger partial charge in [0.25, 0.3) is 5.91 Å². The predicted octanol–water partition coefficient (Wildman–Crippen LogP) is 2.67. The summed E-state index contributed by atoms with van der Waals surface area (Å²) in [5, 5.41) is 3.57. The van der Waals surface area contributed by atoms with Crippen LogP contribution in [0, 0.1) is 6.92 Å². The molecule has 1 fully saturated rings. The minimum Gasteiger partial charge on any atom is -0.465 e. The molecule has 0 aromatic carbocycles. The van der Waals surface area contributed by atoms with Crippen LogP contribution in [0.2, 0.25) is 0 Å². The molecule has 7 nitrogen and oxygen atoms in total. The first kappa shape index (κ1) is 18.6. The number of hydrogen-bond acceptors (Lipinski definition) is 7. The SMILES string of the molecule is CCOC(=O)CNC(=O)c1sc2ncnc(N3CCCCC3C)c2c1C. The number of carbonyl (C=O) groups excluding carboxylic acids is 2. The normalized spacial score (nSPS) is 17.3. The number of anilines is 1. The zero-order valence-corrected chi connectivity index (χ0v) is 16.2. The molecule has 1 atom stereocenters. The van der Waals surface area contributed by atoms with Crippen molar-refractivity contribution in [3.05, 3.63) is 16.8 Å². The van der Waals surface area contributed by atoms with E-state index in [1.807, 2.05) is 6.92 Å². The Bertz CT molecular complexity index is 820.